The minimum atomic E-state index is -0.139. The van der Waals surface area contributed by atoms with Gasteiger partial charge in [0.15, 0.2) is 0 Å². The summed E-state index contributed by atoms with van der Waals surface area (Å²) < 4.78 is 1.73. The zero-order valence-electron chi connectivity index (χ0n) is 11.6. The zero-order chi connectivity index (χ0) is 14.0. The molecule has 0 bridgehead atoms. The Hall–Kier alpha value is -1.69. The summed E-state index contributed by atoms with van der Waals surface area (Å²) in [5.41, 5.74) is 0.915. The van der Waals surface area contributed by atoms with E-state index in [-0.39, 0.29) is 11.4 Å². The number of anilines is 1. The molecule has 0 saturated carbocycles. The molecule has 5 nitrogen and oxygen atoms in total. The van der Waals surface area contributed by atoms with E-state index in [9.17, 15) is 4.79 Å². The quantitative estimate of drug-likeness (QED) is 0.938. The maximum Gasteiger partial charge on any atom is 0.248 e. The molecule has 6 heteroatoms. The van der Waals surface area contributed by atoms with E-state index in [4.69, 9.17) is 0 Å². The van der Waals surface area contributed by atoms with Crippen molar-refractivity contribution in [2.75, 3.05) is 5.32 Å². The van der Waals surface area contributed by atoms with Crippen molar-refractivity contribution in [3.05, 3.63) is 28.2 Å². The largest absolute Gasteiger partial charge is 0.293 e. The molecule has 102 valence electrons. The molecule has 0 aliphatic carbocycles. The van der Waals surface area contributed by atoms with Gasteiger partial charge in [0.2, 0.25) is 11.9 Å². The molecule has 19 heavy (non-hydrogen) atoms. The van der Waals surface area contributed by atoms with Crippen LogP contribution in [0.2, 0.25) is 0 Å². The zero-order valence-corrected chi connectivity index (χ0v) is 12.4. The normalized spacial score (nSPS) is 11.6. The first-order valence-electron chi connectivity index (χ1n) is 6.11. The molecule has 2 aromatic heterocycles. The summed E-state index contributed by atoms with van der Waals surface area (Å²) in [7, 11) is 0. The molecule has 0 aliphatic rings. The van der Waals surface area contributed by atoms with Crippen molar-refractivity contribution in [2.45, 2.75) is 39.7 Å². The SMILES string of the molecule is Cc1sccc1CC(=O)Nc1ncn(C(C)(C)C)n1. The van der Waals surface area contributed by atoms with Gasteiger partial charge in [-0.15, -0.1) is 16.4 Å². The molecule has 0 radical (unpaired) electrons. The smallest absolute Gasteiger partial charge is 0.248 e. The summed E-state index contributed by atoms with van der Waals surface area (Å²) in [6, 6.07) is 1.97. The molecular weight excluding hydrogens is 260 g/mol. The molecular formula is C13H18N4OS. The Balaban J connectivity index is 2.00. The number of nitrogens with zero attached hydrogens (tertiary/aromatic N) is 3. The van der Waals surface area contributed by atoms with Crippen LogP contribution in [-0.2, 0) is 16.8 Å². The van der Waals surface area contributed by atoms with Gasteiger partial charge < -0.3 is 0 Å². The lowest BCUT2D eigenvalue weighted by atomic mass is 10.1. The predicted molar refractivity (Wildman–Crippen MR) is 76.4 cm³/mol. The summed E-state index contributed by atoms with van der Waals surface area (Å²) >= 11 is 1.64. The number of aromatic nitrogens is 3. The van der Waals surface area contributed by atoms with Crippen LogP contribution in [-0.4, -0.2) is 20.7 Å². The monoisotopic (exact) mass is 278 g/mol. The fourth-order valence-electron chi connectivity index (χ4n) is 1.58. The average molecular weight is 278 g/mol. The summed E-state index contributed by atoms with van der Waals surface area (Å²) in [6.45, 7) is 8.10. The van der Waals surface area contributed by atoms with Gasteiger partial charge >= 0.3 is 0 Å². The molecule has 1 N–H and O–H groups in total. The van der Waals surface area contributed by atoms with Crippen LogP contribution in [0.15, 0.2) is 17.8 Å². The molecule has 0 aliphatic heterocycles. The first-order chi connectivity index (χ1) is 8.86. The number of thiophene rings is 1. The second kappa shape index (κ2) is 5.13. The van der Waals surface area contributed by atoms with Gasteiger partial charge in [-0.1, -0.05) is 0 Å². The molecule has 0 unspecified atom stereocenters. The third-order valence-electron chi connectivity index (χ3n) is 2.75. The first-order valence-corrected chi connectivity index (χ1v) is 6.99. The molecule has 1 amide bonds. The van der Waals surface area contributed by atoms with E-state index in [1.54, 1.807) is 22.3 Å². The van der Waals surface area contributed by atoms with Crippen LogP contribution < -0.4 is 5.32 Å². The van der Waals surface area contributed by atoms with Crippen LogP contribution in [0.4, 0.5) is 5.95 Å². The van der Waals surface area contributed by atoms with E-state index >= 15 is 0 Å². The Labute approximate surface area is 116 Å². The van der Waals surface area contributed by atoms with Gasteiger partial charge in [0, 0.05) is 4.88 Å². The molecule has 0 spiro atoms. The third-order valence-corrected chi connectivity index (χ3v) is 3.64. The van der Waals surface area contributed by atoms with Gasteiger partial charge in [-0.05, 0) is 44.7 Å². The Bertz CT molecular complexity index is 579. The summed E-state index contributed by atoms with van der Waals surface area (Å²) in [6.07, 6.45) is 1.99. The van der Waals surface area contributed by atoms with Gasteiger partial charge in [-0.3, -0.25) is 10.1 Å². The van der Waals surface area contributed by atoms with E-state index in [0.29, 0.717) is 12.4 Å². The van der Waals surface area contributed by atoms with Gasteiger partial charge in [0.1, 0.15) is 6.33 Å². The van der Waals surface area contributed by atoms with Gasteiger partial charge in [-0.25, -0.2) is 9.67 Å². The second-order valence-electron chi connectivity index (χ2n) is 5.41. The predicted octanol–water partition coefficient (Wildman–Crippen LogP) is 2.58. The molecule has 0 aromatic carbocycles. The van der Waals surface area contributed by atoms with Crippen molar-refractivity contribution in [2.24, 2.45) is 0 Å². The number of carbonyl (C=O) groups is 1. The maximum atomic E-state index is 11.9. The summed E-state index contributed by atoms with van der Waals surface area (Å²) in [5, 5.41) is 8.96. The lowest BCUT2D eigenvalue weighted by Gasteiger charge is -2.17. The Morgan fingerprint density at radius 2 is 2.21 bits per heavy atom. The van der Waals surface area contributed by atoms with Crippen LogP contribution in [0.5, 0.6) is 0 Å². The highest BCUT2D eigenvalue weighted by molar-refractivity contribution is 7.10. The van der Waals surface area contributed by atoms with E-state index < -0.39 is 0 Å². The average Bonchev–Trinajstić information content (AvgIpc) is 2.88. The van der Waals surface area contributed by atoms with Crippen LogP contribution in [0.3, 0.4) is 0 Å². The highest BCUT2D eigenvalue weighted by atomic mass is 32.1. The van der Waals surface area contributed by atoms with Gasteiger partial charge in [0.25, 0.3) is 0 Å². The minimum Gasteiger partial charge on any atom is -0.293 e. The van der Waals surface area contributed by atoms with Crippen molar-refractivity contribution >= 4 is 23.2 Å². The van der Waals surface area contributed by atoms with E-state index in [0.717, 1.165) is 5.56 Å². The van der Waals surface area contributed by atoms with Gasteiger partial charge in [-0.2, -0.15) is 0 Å². The van der Waals surface area contributed by atoms with Crippen molar-refractivity contribution in [1.29, 1.82) is 0 Å². The van der Waals surface area contributed by atoms with Crippen LogP contribution in [0, 0.1) is 6.92 Å². The molecule has 2 rings (SSSR count). The first kappa shape index (κ1) is 13.7. The second-order valence-corrected chi connectivity index (χ2v) is 6.53. The van der Waals surface area contributed by atoms with E-state index in [2.05, 4.69) is 15.4 Å². The summed E-state index contributed by atoms with van der Waals surface area (Å²) in [5.74, 6) is 0.265. The standard InChI is InChI=1S/C13H18N4OS/c1-9-10(5-6-19-9)7-11(18)15-12-14-8-17(16-12)13(2,3)4/h5-6,8H,7H2,1-4H3,(H,15,16,18). The molecule has 0 saturated heterocycles. The Kier molecular flexibility index (Phi) is 3.71. The molecule has 2 heterocycles. The fourth-order valence-corrected chi connectivity index (χ4v) is 2.31. The number of hydrogen-bond donors (Lipinski definition) is 1. The number of amides is 1. The van der Waals surface area contributed by atoms with Crippen molar-refractivity contribution < 1.29 is 4.79 Å². The number of nitrogens with one attached hydrogen (secondary N) is 1. The highest BCUT2D eigenvalue weighted by Gasteiger charge is 2.16. The third kappa shape index (κ3) is 3.41. The van der Waals surface area contributed by atoms with Crippen molar-refractivity contribution in [3.63, 3.8) is 0 Å². The lowest BCUT2D eigenvalue weighted by molar-refractivity contribution is -0.115. The number of carbonyl (C=O) groups excluding carboxylic acids is 1. The van der Waals surface area contributed by atoms with Crippen molar-refractivity contribution in [3.8, 4) is 0 Å². The van der Waals surface area contributed by atoms with E-state index in [1.807, 2.05) is 39.1 Å². The van der Waals surface area contributed by atoms with Crippen LogP contribution in [0.1, 0.15) is 31.2 Å². The highest BCUT2D eigenvalue weighted by Crippen LogP contribution is 2.16. The van der Waals surface area contributed by atoms with E-state index in [1.165, 1.54) is 4.88 Å². The number of rotatable bonds is 3. The molecule has 0 fully saturated rings. The lowest BCUT2D eigenvalue weighted by Crippen LogP contribution is -2.23. The topological polar surface area (TPSA) is 59.8 Å². The number of hydrogen-bond acceptors (Lipinski definition) is 4. The van der Waals surface area contributed by atoms with Crippen LogP contribution >= 0.6 is 11.3 Å². The molecule has 0 atom stereocenters. The Morgan fingerprint density at radius 3 is 2.74 bits per heavy atom. The number of aryl methyl sites for hydroxylation is 1. The van der Waals surface area contributed by atoms with Crippen molar-refractivity contribution in [1.82, 2.24) is 14.8 Å². The maximum absolute atomic E-state index is 11.9. The van der Waals surface area contributed by atoms with Gasteiger partial charge in [0.05, 0.1) is 12.0 Å². The summed E-state index contributed by atoms with van der Waals surface area (Å²) in [4.78, 5) is 17.2. The fraction of sp³-hybridized carbons (Fsp3) is 0.462. The Morgan fingerprint density at radius 1 is 1.47 bits per heavy atom. The minimum absolute atomic E-state index is 0.0897. The molecule has 2 aromatic rings. The van der Waals surface area contributed by atoms with Crippen LogP contribution in [0.25, 0.3) is 0 Å².